The Hall–Kier alpha value is -2.50. The Bertz CT molecular complexity index is 767. The Morgan fingerprint density at radius 1 is 1.25 bits per heavy atom. The first-order chi connectivity index (χ1) is 11.5. The predicted octanol–water partition coefficient (Wildman–Crippen LogP) is 2.01. The summed E-state index contributed by atoms with van der Waals surface area (Å²) in [6.07, 6.45) is 0.368. The van der Waals surface area contributed by atoms with Gasteiger partial charge >= 0.3 is 0 Å². The largest absolute Gasteiger partial charge is 0.486 e. The highest BCUT2D eigenvalue weighted by Gasteiger charge is 2.18. The van der Waals surface area contributed by atoms with Crippen LogP contribution in [0.1, 0.15) is 22.5 Å². The highest BCUT2D eigenvalue weighted by atomic mass is 16.6. The molecule has 0 saturated heterocycles. The van der Waals surface area contributed by atoms with Gasteiger partial charge in [0.2, 0.25) is 5.91 Å². The second kappa shape index (κ2) is 6.55. The molecule has 1 aliphatic heterocycles. The quantitative estimate of drug-likeness (QED) is 0.861. The number of amides is 1. The molecular formula is C18H23N3O3. The molecule has 0 bridgehead atoms. The maximum absolute atomic E-state index is 12.6. The molecule has 0 N–H and O–H groups in total. The molecule has 0 fully saturated rings. The van der Waals surface area contributed by atoms with Gasteiger partial charge in [-0.25, -0.2) is 0 Å². The van der Waals surface area contributed by atoms with Crippen LogP contribution in [0, 0.1) is 13.8 Å². The van der Waals surface area contributed by atoms with Gasteiger partial charge in [0.15, 0.2) is 11.5 Å². The van der Waals surface area contributed by atoms with Crippen LogP contribution in [0.15, 0.2) is 18.2 Å². The molecule has 128 valence electrons. The summed E-state index contributed by atoms with van der Waals surface area (Å²) in [7, 11) is 3.72. The standard InChI is InChI=1S/C18H23N3O3/c1-12-15(13(2)21(4)19-12)10-18(22)20(3)11-14-5-6-16-17(9-14)24-8-7-23-16/h5-6,9H,7-8,10-11H2,1-4H3. The van der Waals surface area contributed by atoms with Crippen LogP contribution in [0.3, 0.4) is 0 Å². The Labute approximate surface area is 142 Å². The van der Waals surface area contributed by atoms with Crippen molar-refractivity contribution in [3.8, 4) is 11.5 Å². The van der Waals surface area contributed by atoms with E-state index in [0.717, 1.165) is 34.0 Å². The molecule has 1 amide bonds. The maximum Gasteiger partial charge on any atom is 0.227 e. The summed E-state index contributed by atoms with van der Waals surface area (Å²) in [4.78, 5) is 14.3. The van der Waals surface area contributed by atoms with Crippen molar-refractivity contribution in [1.29, 1.82) is 0 Å². The molecule has 0 radical (unpaired) electrons. The Balaban J connectivity index is 1.68. The van der Waals surface area contributed by atoms with Gasteiger partial charge in [0.05, 0.1) is 12.1 Å². The number of aromatic nitrogens is 2. The smallest absolute Gasteiger partial charge is 0.227 e. The van der Waals surface area contributed by atoms with E-state index in [0.29, 0.717) is 26.2 Å². The van der Waals surface area contributed by atoms with Gasteiger partial charge in [-0.05, 0) is 31.5 Å². The van der Waals surface area contributed by atoms with Gasteiger partial charge < -0.3 is 14.4 Å². The summed E-state index contributed by atoms with van der Waals surface area (Å²) in [6.45, 7) is 5.60. The number of rotatable bonds is 4. The van der Waals surface area contributed by atoms with Gasteiger partial charge in [-0.15, -0.1) is 0 Å². The molecule has 24 heavy (non-hydrogen) atoms. The normalized spacial score (nSPS) is 13.0. The minimum atomic E-state index is 0.0732. The zero-order chi connectivity index (χ0) is 17.3. The highest BCUT2D eigenvalue weighted by molar-refractivity contribution is 5.79. The van der Waals surface area contributed by atoms with E-state index in [1.165, 1.54) is 0 Å². The van der Waals surface area contributed by atoms with E-state index in [-0.39, 0.29) is 5.91 Å². The van der Waals surface area contributed by atoms with Gasteiger partial charge in [0, 0.05) is 31.9 Å². The van der Waals surface area contributed by atoms with E-state index < -0.39 is 0 Å². The molecule has 0 aliphatic carbocycles. The number of benzene rings is 1. The lowest BCUT2D eigenvalue weighted by Gasteiger charge is -2.21. The van der Waals surface area contributed by atoms with Crippen molar-refractivity contribution in [3.05, 3.63) is 40.7 Å². The van der Waals surface area contributed by atoms with Crippen LogP contribution in [0.25, 0.3) is 0 Å². The number of hydrogen-bond donors (Lipinski definition) is 0. The van der Waals surface area contributed by atoms with Gasteiger partial charge in [0.25, 0.3) is 0 Å². The van der Waals surface area contributed by atoms with Crippen molar-refractivity contribution in [2.24, 2.45) is 7.05 Å². The number of fused-ring (bicyclic) bond motifs is 1. The molecular weight excluding hydrogens is 306 g/mol. The average molecular weight is 329 g/mol. The molecule has 2 heterocycles. The molecule has 1 aliphatic rings. The lowest BCUT2D eigenvalue weighted by molar-refractivity contribution is -0.129. The van der Waals surface area contributed by atoms with Crippen molar-refractivity contribution in [2.75, 3.05) is 20.3 Å². The molecule has 6 heteroatoms. The van der Waals surface area contributed by atoms with Crippen molar-refractivity contribution in [1.82, 2.24) is 14.7 Å². The average Bonchev–Trinajstić information content (AvgIpc) is 2.81. The third-order valence-corrected chi connectivity index (χ3v) is 4.44. The predicted molar refractivity (Wildman–Crippen MR) is 90.3 cm³/mol. The van der Waals surface area contributed by atoms with Crippen LogP contribution < -0.4 is 9.47 Å². The number of nitrogens with zero attached hydrogens (tertiary/aromatic N) is 3. The van der Waals surface area contributed by atoms with E-state index in [1.54, 1.807) is 4.90 Å². The SMILES string of the molecule is Cc1nn(C)c(C)c1CC(=O)N(C)Cc1ccc2c(c1)OCCO2. The summed E-state index contributed by atoms with van der Waals surface area (Å²) in [5, 5.41) is 4.37. The van der Waals surface area contributed by atoms with Crippen molar-refractivity contribution in [2.45, 2.75) is 26.8 Å². The summed E-state index contributed by atoms with van der Waals surface area (Å²) in [5.74, 6) is 1.59. The lowest BCUT2D eigenvalue weighted by Crippen LogP contribution is -2.28. The highest BCUT2D eigenvalue weighted by Crippen LogP contribution is 2.31. The second-order valence-corrected chi connectivity index (χ2v) is 6.18. The van der Waals surface area contributed by atoms with E-state index in [2.05, 4.69) is 5.10 Å². The minimum absolute atomic E-state index is 0.0732. The Morgan fingerprint density at radius 2 is 1.96 bits per heavy atom. The van der Waals surface area contributed by atoms with Crippen molar-refractivity contribution >= 4 is 5.91 Å². The third kappa shape index (κ3) is 3.22. The molecule has 0 unspecified atom stereocenters. The van der Waals surface area contributed by atoms with Gasteiger partial charge in [0.1, 0.15) is 13.2 Å². The number of ether oxygens (including phenoxy) is 2. The number of carbonyl (C=O) groups excluding carboxylic acids is 1. The van der Waals surface area contributed by atoms with E-state index >= 15 is 0 Å². The number of likely N-dealkylation sites (N-methyl/N-ethyl adjacent to an activating group) is 1. The minimum Gasteiger partial charge on any atom is -0.486 e. The van der Waals surface area contributed by atoms with Crippen LogP contribution in [-0.4, -0.2) is 40.8 Å². The third-order valence-electron chi connectivity index (χ3n) is 4.44. The Morgan fingerprint density at radius 3 is 2.62 bits per heavy atom. The monoisotopic (exact) mass is 329 g/mol. The molecule has 0 atom stereocenters. The summed E-state index contributed by atoms with van der Waals surface area (Å²) in [6, 6.07) is 5.81. The summed E-state index contributed by atoms with van der Waals surface area (Å²) >= 11 is 0. The zero-order valence-electron chi connectivity index (χ0n) is 14.6. The molecule has 1 aromatic heterocycles. The fourth-order valence-corrected chi connectivity index (χ4v) is 2.91. The molecule has 0 spiro atoms. The van der Waals surface area contributed by atoms with Crippen LogP contribution >= 0.6 is 0 Å². The first kappa shape index (κ1) is 16.4. The maximum atomic E-state index is 12.6. The Kier molecular flexibility index (Phi) is 4.46. The van der Waals surface area contributed by atoms with E-state index in [4.69, 9.17) is 9.47 Å². The van der Waals surface area contributed by atoms with E-state index in [9.17, 15) is 4.79 Å². The van der Waals surface area contributed by atoms with Crippen LogP contribution in [0.5, 0.6) is 11.5 Å². The fraction of sp³-hybridized carbons (Fsp3) is 0.444. The first-order valence-electron chi connectivity index (χ1n) is 8.07. The molecule has 0 saturated carbocycles. The zero-order valence-corrected chi connectivity index (χ0v) is 14.6. The van der Waals surface area contributed by atoms with Gasteiger partial charge in [-0.2, -0.15) is 5.10 Å². The van der Waals surface area contributed by atoms with Crippen molar-refractivity contribution in [3.63, 3.8) is 0 Å². The van der Waals surface area contributed by atoms with Gasteiger partial charge in [-0.1, -0.05) is 6.07 Å². The van der Waals surface area contributed by atoms with Crippen molar-refractivity contribution < 1.29 is 14.3 Å². The number of carbonyl (C=O) groups is 1. The number of aryl methyl sites for hydroxylation is 2. The van der Waals surface area contributed by atoms with Crippen LogP contribution in [-0.2, 0) is 24.8 Å². The van der Waals surface area contributed by atoms with E-state index in [1.807, 2.05) is 50.8 Å². The first-order valence-corrected chi connectivity index (χ1v) is 8.07. The summed E-state index contributed by atoms with van der Waals surface area (Å²) < 4.78 is 12.9. The lowest BCUT2D eigenvalue weighted by atomic mass is 10.1. The summed E-state index contributed by atoms with van der Waals surface area (Å²) in [5.41, 5.74) is 3.98. The molecule has 1 aromatic carbocycles. The fourth-order valence-electron chi connectivity index (χ4n) is 2.91. The number of hydrogen-bond acceptors (Lipinski definition) is 4. The topological polar surface area (TPSA) is 56.6 Å². The molecule has 3 rings (SSSR count). The van der Waals surface area contributed by atoms with Gasteiger partial charge in [-0.3, -0.25) is 9.48 Å². The second-order valence-electron chi connectivity index (χ2n) is 6.18. The molecule has 6 nitrogen and oxygen atoms in total. The molecule has 2 aromatic rings. The van der Waals surface area contributed by atoms with Crippen LogP contribution in [0.4, 0.5) is 0 Å². The van der Waals surface area contributed by atoms with Crippen LogP contribution in [0.2, 0.25) is 0 Å².